The van der Waals surface area contributed by atoms with Crippen molar-refractivity contribution in [2.45, 2.75) is 13.5 Å². The van der Waals surface area contributed by atoms with Crippen molar-refractivity contribution in [1.29, 1.82) is 0 Å². The van der Waals surface area contributed by atoms with Gasteiger partial charge >= 0.3 is 0 Å². The van der Waals surface area contributed by atoms with Crippen molar-refractivity contribution >= 4 is 11.4 Å². The van der Waals surface area contributed by atoms with Gasteiger partial charge in [-0.1, -0.05) is 18.2 Å². The van der Waals surface area contributed by atoms with Crippen molar-refractivity contribution < 1.29 is 0 Å². The zero-order valence-corrected chi connectivity index (χ0v) is 9.14. The van der Waals surface area contributed by atoms with Crippen LogP contribution in [0.1, 0.15) is 11.4 Å². The molecule has 0 aliphatic rings. The average molecular weight is 214 g/mol. The summed E-state index contributed by atoms with van der Waals surface area (Å²) in [5, 5.41) is 3.25. The van der Waals surface area contributed by atoms with Gasteiger partial charge in [0, 0.05) is 12.2 Å². The molecule has 0 unspecified atom stereocenters. The van der Waals surface area contributed by atoms with Gasteiger partial charge in [-0.3, -0.25) is 0 Å². The van der Waals surface area contributed by atoms with E-state index >= 15 is 0 Å². The summed E-state index contributed by atoms with van der Waals surface area (Å²) in [6, 6.07) is 7.93. The quantitative estimate of drug-likeness (QED) is 0.820. The lowest BCUT2D eigenvalue weighted by molar-refractivity contribution is 1.05. The highest BCUT2D eigenvalue weighted by molar-refractivity contribution is 5.61. The minimum Gasteiger partial charge on any atom is -0.353 e. The van der Waals surface area contributed by atoms with E-state index in [1.807, 2.05) is 31.2 Å². The summed E-state index contributed by atoms with van der Waals surface area (Å²) in [5.41, 5.74) is 8.59. The Morgan fingerprint density at radius 3 is 2.56 bits per heavy atom. The summed E-state index contributed by atoms with van der Waals surface area (Å²) in [6.45, 7) is 2.37. The van der Waals surface area contributed by atoms with Gasteiger partial charge in [-0.15, -0.1) is 0 Å². The molecule has 0 bridgehead atoms. The van der Waals surface area contributed by atoms with E-state index in [1.165, 1.54) is 0 Å². The third-order valence-electron chi connectivity index (χ3n) is 2.30. The molecule has 82 valence electrons. The smallest absolute Gasteiger partial charge is 0.125 e. The van der Waals surface area contributed by atoms with Gasteiger partial charge in [-0.2, -0.15) is 0 Å². The summed E-state index contributed by atoms with van der Waals surface area (Å²) in [7, 11) is 0. The number of nitrogens with zero attached hydrogens (tertiary/aromatic N) is 2. The van der Waals surface area contributed by atoms with E-state index in [4.69, 9.17) is 5.73 Å². The molecule has 2 aromatic rings. The largest absolute Gasteiger partial charge is 0.353 e. The molecule has 0 radical (unpaired) electrons. The Bertz CT molecular complexity index is 465. The lowest BCUT2D eigenvalue weighted by atomic mass is 10.2. The zero-order chi connectivity index (χ0) is 11.4. The van der Waals surface area contributed by atoms with Gasteiger partial charge < -0.3 is 11.1 Å². The molecule has 4 heteroatoms. The van der Waals surface area contributed by atoms with Crippen molar-refractivity contribution in [2.75, 3.05) is 5.32 Å². The van der Waals surface area contributed by atoms with Crippen molar-refractivity contribution in [3.05, 3.63) is 48.0 Å². The molecule has 0 spiro atoms. The first-order valence-electron chi connectivity index (χ1n) is 5.13. The Kier molecular flexibility index (Phi) is 3.12. The van der Waals surface area contributed by atoms with Crippen LogP contribution in [0.15, 0.2) is 36.7 Å². The first-order valence-corrected chi connectivity index (χ1v) is 5.13. The summed E-state index contributed by atoms with van der Waals surface area (Å²) < 4.78 is 0. The maximum atomic E-state index is 5.66. The van der Waals surface area contributed by atoms with E-state index in [9.17, 15) is 0 Å². The molecular weight excluding hydrogens is 200 g/mol. The fourth-order valence-corrected chi connectivity index (χ4v) is 1.43. The molecule has 4 nitrogen and oxygen atoms in total. The predicted molar refractivity (Wildman–Crippen MR) is 64.4 cm³/mol. The summed E-state index contributed by atoms with van der Waals surface area (Å²) in [4.78, 5) is 8.25. The second-order valence-corrected chi connectivity index (χ2v) is 3.51. The fourth-order valence-electron chi connectivity index (χ4n) is 1.43. The van der Waals surface area contributed by atoms with Gasteiger partial charge in [-0.25, -0.2) is 9.97 Å². The highest BCUT2D eigenvalue weighted by Gasteiger charge is 2.00. The molecule has 1 aromatic heterocycles. The molecule has 16 heavy (non-hydrogen) atoms. The van der Waals surface area contributed by atoms with Crippen LogP contribution in [0.3, 0.4) is 0 Å². The SMILES string of the molecule is Cc1ncc(Nc2ccccc2CN)cn1. The molecule has 0 saturated carbocycles. The zero-order valence-electron chi connectivity index (χ0n) is 9.14. The molecule has 3 N–H and O–H groups in total. The maximum absolute atomic E-state index is 5.66. The number of nitrogens with two attached hydrogens (primary N) is 1. The van der Waals surface area contributed by atoms with Crippen LogP contribution < -0.4 is 11.1 Å². The third kappa shape index (κ3) is 2.35. The molecule has 1 heterocycles. The Morgan fingerprint density at radius 2 is 1.88 bits per heavy atom. The molecule has 0 atom stereocenters. The van der Waals surface area contributed by atoms with Crippen LogP contribution in [0.2, 0.25) is 0 Å². The van der Waals surface area contributed by atoms with E-state index in [2.05, 4.69) is 15.3 Å². The van der Waals surface area contributed by atoms with E-state index in [0.717, 1.165) is 22.8 Å². The number of anilines is 2. The second kappa shape index (κ2) is 4.72. The number of hydrogen-bond acceptors (Lipinski definition) is 4. The topological polar surface area (TPSA) is 63.8 Å². The molecule has 0 fully saturated rings. The molecule has 1 aromatic carbocycles. The summed E-state index contributed by atoms with van der Waals surface area (Å²) in [6.07, 6.45) is 3.52. The Labute approximate surface area is 94.5 Å². The van der Waals surface area contributed by atoms with Crippen LogP contribution in [0.4, 0.5) is 11.4 Å². The molecule has 0 aliphatic carbocycles. The summed E-state index contributed by atoms with van der Waals surface area (Å²) >= 11 is 0. The average Bonchev–Trinajstić information content (AvgIpc) is 2.33. The normalized spacial score (nSPS) is 10.1. The molecule has 0 aliphatic heterocycles. The lowest BCUT2D eigenvalue weighted by Crippen LogP contribution is -2.02. The molecule has 0 saturated heterocycles. The van der Waals surface area contributed by atoms with Gasteiger partial charge in [-0.05, 0) is 18.6 Å². The van der Waals surface area contributed by atoms with Crippen molar-refractivity contribution in [3.8, 4) is 0 Å². The minimum atomic E-state index is 0.510. The highest BCUT2D eigenvalue weighted by atomic mass is 14.9. The predicted octanol–water partition coefficient (Wildman–Crippen LogP) is 1.99. The number of para-hydroxylation sites is 1. The number of aromatic nitrogens is 2. The van der Waals surface area contributed by atoms with Crippen molar-refractivity contribution in [1.82, 2.24) is 9.97 Å². The van der Waals surface area contributed by atoms with Crippen LogP contribution in [0.5, 0.6) is 0 Å². The monoisotopic (exact) mass is 214 g/mol. The first-order chi connectivity index (χ1) is 7.79. The Balaban J connectivity index is 2.23. The molecule has 2 rings (SSSR count). The lowest BCUT2D eigenvalue weighted by Gasteiger charge is -2.09. The summed E-state index contributed by atoms with van der Waals surface area (Å²) in [5.74, 6) is 0.762. The van der Waals surface area contributed by atoms with Gasteiger partial charge in [0.2, 0.25) is 0 Å². The first kappa shape index (κ1) is 10.6. The van der Waals surface area contributed by atoms with Crippen LogP contribution >= 0.6 is 0 Å². The van der Waals surface area contributed by atoms with Crippen LogP contribution in [-0.4, -0.2) is 9.97 Å². The second-order valence-electron chi connectivity index (χ2n) is 3.51. The molecular formula is C12H14N4. The Hall–Kier alpha value is -1.94. The van der Waals surface area contributed by atoms with Gasteiger partial charge in [0.05, 0.1) is 18.1 Å². The Morgan fingerprint density at radius 1 is 1.19 bits per heavy atom. The van der Waals surface area contributed by atoms with E-state index in [-0.39, 0.29) is 0 Å². The van der Waals surface area contributed by atoms with Crippen LogP contribution in [0.25, 0.3) is 0 Å². The number of aryl methyl sites for hydroxylation is 1. The van der Waals surface area contributed by atoms with Gasteiger partial charge in [0.25, 0.3) is 0 Å². The number of nitrogens with one attached hydrogen (secondary N) is 1. The van der Waals surface area contributed by atoms with E-state index in [0.29, 0.717) is 6.54 Å². The fraction of sp³-hybridized carbons (Fsp3) is 0.167. The minimum absolute atomic E-state index is 0.510. The number of hydrogen-bond donors (Lipinski definition) is 2. The third-order valence-corrected chi connectivity index (χ3v) is 2.30. The van der Waals surface area contributed by atoms with Gasteiger partial charge in [0.15, 0.2) is 0 Å². The van der Waals surface area contributed by atoms with E-state index in [1.54, 1.807) is 12.4 Å². The van der Waals surface area contributed by atoms with Crippen LogP contribution in [0, 0.1) is 6.92 Å². The highest BCUT2D eigenvalue weighted by Crippen LogP contribution is 2.19. The number of benzene rings is 1. The van der Waals surface area contributed by atoms with Crippen molar-refractivity contribution in [2.24, 2.45) is 5.73 Å². The maximum Gasteiger partial charge on any atom is 0.125 e. The van der Waals surface area contributed by atoms with Crippen molar-refractivity contribution in [3.63, 3.8) is 0 Å². The van der Waals surface area contributed by atoms with Gasteiger partial charge in [0.1, 0.15) is 5.82 Å². The number of rotatable bonds is 3. The standard InChI is InChI=1S/C12H14N4/c1-9-14-7-11(8-15-9)16-12-5-3-2-4-10(12)6-13/h2-5,7-8,16H,6,13H2,1H3. The molecule has 0 amide bonds. The van der Waals surface area contributed by atoms with E-state index < -0.39 is 0 Å². The van der Waals surface area contributed by atoms with Crippen LogP contribution in [-0.2, 0) is 6.54 Å².